The maximum atomic E-state index is 12.2. The van der Waals surface area contributed by atoms with Crippen molar-refractivity contribution in [2.75, 3.05) is 18.0 Å². The van der Waals surface area contributed by atoms with Crippen molar-refractivity contribution in [3.63, 3.8) is 0 Å². The highest BCUT2D eigenvalue weighted by Gasteiger charge is 2.24. The maximum Gasteiger partial charge on any atom is 0.226 e. The first-order valence-corrected chi connectivity index (χ1v) is 7.39. The summed E-state index contributed by atoms with van der Waals surface area (Å²) in [4.78, 5) is 14.1. The molecule has 0 unspecified atom stereocenters. The topological polar surface area (TPSA) is 46.3 Å². The Bertz CT molecular complexity index is 448. The number of carbonyl (C=O) groups is 1. The predicted molar refractivity (Wildman–Crippen MR) is 79.6 cm³/mol. The molecule has 0 radical (unpaired) electrons. The van der Waals surface area contributed by atoms with Crippen LogP contribution in [0.2, 0.25) is 5.02 Å². The van der Waals surface area contributed by atoms with Crippen molar-refractivity contribution in [3.8, 4) is 0 Å². The van der Waals surface area contributed by atoms with E-state index in [1.54, 1.807) is 0 Å². The molecule has 2 N–H and O–H groups in total. The molecular formula is C15H21ClN2O. The van der Waals surface area contributed by atoms with E-state index in [0.29, 0.717) is 11.4 Å². The smallest absolute Gasteiger partial charge is 0.226 e. The first-order chi connectivity index (χ1) is 9.22. The van der Waals surface area contributed by atoms with Gasteiger partial charge < -0.3 is 10.6 Å². The molecule has 3 nitrogen and oxygen atoms in total. The average molecular weight is 281 g/mol. The summed E-state index contributed by atoms with van der Waals surface area (Å²) < 4.78 is 0. The van der Waals surface area contributed by atoms with Crippen molar-refractivity contribution in [2.45, 2.75) is 38.5 Å². The van der Waals surface area contributed by atoms with Gasteiger partial charge in [-0.2, -0.15) is 0 Å². The van der Waals surface area contributed by atoms with Gasteiger partial charge in [0.15, 0.2) is 0 Å². The fraction of sp³-hybridized carbons (Fsp3) is 0.533. The van der Waals surface area contributed by atoms with E-state index in [0.717, 1.165) is 50.9 Å². The molecular weight excluding hydrogens is 260 g/mol. The highest BCUT2D eigenvalue weighted by Crippen LogP contribution is 2.31. The summed E-state index contributed by atoms with van der Waals surface area (Å²) in [7, 11) is 0. The summed E-state index contributed by atoms with van der Waals surface area (Å²) in [6.07, 6.45) is 5.76. The first kappa shape index (κ1) is 14.4. The molecule has 1 amide bonds. The summed E-state index contributed by atoms with van der Waals surface area (Å²) >= 11 is 6.01. The van der Waals surface area contributed by atoms with Crippen LogP contribution < -0.4 is 10.6 Å². The van der Waals surface area contributed by atoms with Crippen molar-refractivity contribution in [1.82, 2.24) is 0 Å². The molecule has 1 heterocycles. The van der Waals surface area contributed by atoms with Gasteiger partial charge in [0.2, 0.25) is 5.91 Å². The average Bonchev–Trinajstić information content (AvgIpc) is 2.81. The number of rotatable bonds is 6. The van der Waals surface area contributed by atoms with Crippen LogP contribution >= 0.6 is 11.6 Å². The van der Waals surface area contributed by atoms with E-state index < -0.39 is 0 Å². The van der Waals surface area contributed by atoms with Crippen LogP contribution in [0.5, 0.6) is 0 Å². The van der Waals surface area contributed by atoms with Crippen LogP contribution in [0.25, 0.3) is 0 Å². The Morgan fingerprint density at radius 3 is 2.84 bits per heavy atom. The van der Waals surface area contributed by atoms with Crippen LogP contribution in [0.1, 0.15) is 37.7 Å². The number of halogens is 1. The quantitative estimate of drug-likeness (QED) is 0.814. The minimum absolute atomic E-state index is 0.216. The van der Waals surface area contributed by atoms with E-state index in [2.05, 4.69) is 0 Å². The molecule has 4 heteroatoms. The number of fused-ring (bicyclic) bond motifs is 1. The summed E-state index contributed by atoms with van der Waals surface area (Å²) in [5.74, 6) is 0.216. The summed E-state index contributed by atoms with van der Waals surface area (Å²) in [6.45, 7) is 1.53. The number of anilines is 1. The van der Waals surface area contributed by atoms with Crippen molar-refractivity contribution in [2.24, 2.45) is 5.73 Å². The van der Waals surface area contributed by atoms with Crippen molar-refractivity contribution < 1.29 is 4.79 Å². The van der Waals surface area contributed by atoms with Gasteiger partial charge in [-0.3, -0.25) is 4.79 Å². The number of carbonyl (C=O) groups excluding carboxylic acids is 1. The Morgan fingerprint density at radius 2 is 2.05 bits per heavy atom. The van der Waals surface area contributed by atoms with E-state index in [1.165, 1.54) is 5.56 Å². The number of benzene rings is 1. The molecule has 104 valence electrons. The van der Waals surface area contributed by atoms with Gasteiger partial charge in [-0.15, -0.1) is 0 Å². The van der Waals surface area contributed by atoms with E-state index in [4.69, 9.17) is 17.3 Å². The molecule has 1 aromatic rings. The van der Waals surface area contributed by atoms with E-state index in [-0.39, 0.29) is 5.91 Å². The van der Waals surface area contributed by atoms with Gasteiger partial charge in [-0.05, 0) is 43.5 Å². The summed E-state index contributed by atoms with van der Waals surface area (Å²) in [5.41, 5.74) is 7.67. The Hall–Kier alpha value is -1.06. The fourth-order valence-electron chi connectivity index (χ4n) is 2.52. The second-order valence-corrected chi connectivity index (χ2v) is 5.46. The zero-order chi connectivity index (χ0) is 13.7. The van der Waals surface area contributed by atoms with Gasteiger partial charge >= 0.3 is 0 Å². The SMILES string of the molecule is NCCCCCCC(=O)N1CCc2ccc(Cl)cc21. The van der Waals surface area contributed by atoms with Gasteiger partial charge in [0.05, 0.1) is 0 Å². The van der Waals surface area contributed by atoms with Crippen LogP contribution in [0.4, 0.5) is 5.69 Å². The number of unbranched alkanes of at least 4 members (excludes halogenated alkanes) is 3. The van der Waals surface area contributed by atoms with Gasteiger partial charge in [0.1, 0.15) is 0 Å². The van der Waals surface area contributed by atoms with Crippen molar-refractivity contribution in [1.29, 1.82) is 0 Å². The molecule has 0 saturated heterocycles. The standard InChI is InChI=1S/C15H21ClN2O/c16-13-7-6-12-8-10-18(14(12)11-13)15(19)5-3-1-2-4-9-17/h6-7,11H,1-5,8-10,17H2. The number of nitrogens with two attached hydrogens (primary N) is 1. The molecule has 0 bridgehead atoms. The Labute approximate surface area is 119 Å². The minimum Gasteiger partial charge on any atom is -0.330 e. The fourth-order valence-corrected chi connectivity index (χ4v) is 2.69. The van der Waals surface area contributed by atoms with Gasteiger partial charge in [-0.1, -0.05) is 30.5 Å². The summed E-state index contributed by atoms with van der Waals surface area (Å²) in [6, 6.07) is 5.81. The van der Waals surface area contributed by atoms with Gasteiger partial charge in [0, 0.05) is 23.7 Å². The number of nitrogens with zero attached hydrogens (tertiary/aromatic N) is 1. The number of amides is 1. The highest BCUT2D eigenvalue weighted by molar-refractivity contribution is 6.31. The third-order valence-corrected chi connectivity index (χ3v) is 3.82. The molecule has 0 spiro atoms. The van der Waals surface area contributed by atoms with Crippen LogP contribution in [0, 0.1) is 0 Å². The van der Waals surface area contributed by atoms with Gasteiger partial charge in [0.25, 0.3) is 0 Å². The van der Waals surface area contributed by atoms with E-state index in [1.807, 2.05) is 23.1 Å². The Balaban J connectivity index is 1.87. The van der Waals surface area contributed by atoms with Crippen LogP contribution in [-0.4, -0.2) is 19.0 Å². The lowest BCUT2D eigenvalue weighted by atomic mass is 10.1. The van der Waals surface area contributed by atoms with Crippen molar-refractivity contribution in [3.05, 3.63) is 28.8 Å². The third kappa shape index (κ3) is 3.71. The van der Waals surface area contributed by atoms with Crippen molar-refractivity contribution >= 4 is 23.2 Å². The molecule has 2 rings (SSSR count). The first-order valence-electron chi connectivity index (χ1n) is 7.01. The second-order valence-electron chi connectivity index (χ2n) is 5.02. The zero-order valence-electron chi connectivity index (χ0n) is 11.2. The monoisotopic (exact) mass is 280 g/mol. The molecule has 1 aliphatic heterocycles. The lowest BCUT2D eigenvalue weighted by Crippen LogP contribution is -2.28. The Kier molecular flexibility index (Phi) is 5.23. The normalized spacial score (nSPS) is 13.7. The molecule has 19 heavy (non-hydrogen) atoms. The third-order valence-electron chi connectivity index (χ3n) is 3.59. The predicted octanol–water partition coefficient (Wildman–Crippen LogP) is 3.14. The molecule has 0 aliphatic carbocycles. The number of hydrogen-bond acceptors (Lipinski definition) is 2. The lowest BCUT2D eigenvalue weighted by molar-refractivity contribution is -0.118. The largest absolute Gasteiger partial charge is 0.330 e. The molecule has 0 saturated carbocycles. The zero-order valence-corrected chi connectivity index (χ0v) is 12.0. The highest BCUT2D eigenvalue weighted by atomic mass is 35.5. The van der Waals surface area contributed by atoms with E-state index in [9.17, 15) is 4.79 Å². The minimum atomic E-state index is 0.216. The van der Waals surface area contributed by atoms with E-state index >= 15 is 0 Å². The molecule has 1 aliphatic rings. The number of hydrogen-bond donors (Lipinski definition) is 1. The molecule has 0 aromatic heterocycles. The van der Waals surface area contributed by atoms with Crippen LogP contribution in [0.3, 0.4) is 0 Å². The van der Waals surface area contributed by atoms with Crippen LogP contribution in [-0.2, 0) is 11.2 Å². The summed E-state index contributed by atoms with van der Waals surface area (Å²) in [5, 5.41) is 0.696. The van der Waals surface area contributed by atoms with Gasteiger partial charge in [-0.25, -0.2) is 0 Å². The Morgan fingerprint density at radius 1 is 1.26 bits per heavy atom. The lowest BCUT2D eigenvalue weighted by Gasteiger charge is -2.17. The molecule has 1 aromatic carbocycles. The van der Waals surface area contributed by atoms with Crippen LogP contribution in [0.15, 0.2) is 18.2 Å². The maximum absolute atomic E-state index is 12.2. The molecule has 0 atom stereocenters. The second kappa shape index (κ2) is 6.92. The molecule has 0 fully saturated rings.